The molecule has 2 atom stereocenters. The number of benzene rings is 2. The van der Waals surface area contributed by atoms with Crippen LogP contribution in [-0.2, 0) is 22.7 Å². The van der Waals surface area contributed by atoms with Crippen LogP contribution in [0.2, 0.25) is 0 Å². The fraction of sp³-hybridized carbons (Fsp3) is 0.263. The van der Waals surface area contributed by atoms with Gasteiger partial charge in [-0.2, -0.15) is 0 Å². The first kappa shape index (κ1) is 18.6. The van der Waals surface area contributed by atoms with Crippen molar-refractivity contribution in [2.24, 2.45) is 5.73 Å². The van der Waals surface area contributed by atoms with Gasteiger partial charge in [-0.05, 0) is 17.5 Å². The van der Waals surface area contributed by atoms with Crippen LogP contribution in [0, 0.1) is 0 Å². The topological polar surface area (TPSA) is 104 Å². The molecule has 0 saturated heterocycles. The van der Waals surface area contributed by atoms with Crippen molar-refractivity contribution in [1.82, 2.24) is 4.90 Å². The van der Waals surface area contributed by atoms with Gasteiger partial charge in [0.05, 0.1) is 0 Å². The normalized spacial score (nSPS) is 13.4. The third-order valence-electron chi connectivity index (χ3n) is 3.98. The smallest absolute Gasteiger partial charge is 0.321 e. The molecule has 0 bridgehead atoms. The Morgan fingerprint density at radius 2 is 1.28 bits per heavy atom. The van der Waals surface area contributed by atoms with Gasteiger partial charge < -0.3 is 15.9 Å². The summed E-state index contributed by atoms with van der Waals surface area (Å²) < 4.78 is 0. The van der Waals surface area contributed by atoms with Crippen molar-refractivity contribution in [2.45, 2.75) is 31.6 Å². The summed E-state index contributed by atoms with van der Waals surface area (Å²) >= 11 is 0. The van der Waals surface area contributed by atoms with Crippen molar-refractivity contribution in [2.75, 3.05) is 0 Å². The van der Waals surface area contributed by atoms with Crippen LogP contribution >= 0.6 is 0 Å². The minimum absolute atomic E-state index is 0.162. The van der Waals surface area contributed by atoms with E-state index in [-0.39, 0.29) is 6.42 Å². The number of aliphatic carboxylic acids is 2. The second kappa shape index (κ2) is 8.96. The summed E-state index contributed by atoms with van der Waals surface area (Å²) in [6, 6.07) is 16.7. The monoisotopic (exact) mass is 342 g/mol. The lowest BCUT2D eigenvalue weighted by atomic mass is 10.0. The summed E-state index contributed by atoms with van der Waals surface area (Å²) in [5, 5.41) is 18.7. The van der Waals surface area contributed by atoms with E-state index in [0.29, 0.717) is 13.1 Å². The third kappa shape index (κ3) is 5.70. The minimum atomic E-state index is -1.23. The molecule has 0 saturated carbocycles. The highest BCUT2D eigenvalue weighted by molar-refractivity contribution is 5.77. The van der Waals surface area contributed by atoms with E-state index in [1.54, 1.807) is 4.90 Å². The van der Waals surface area contributed by atoms with Crippen LogP contribution in [0.1, 0.15) is 17.5 Å². The number of carbonyl (C=O) groups is 2. The molecule has 0 amide bonds. The number of hydrogen-bond donors (Lipinski definition) is 3. The quantitative estimate of drug-likeness (QED) is 0.643. The lowest BCUT2D eigenvalue weighted by Crippen LogP contribution is -2.46. The molecule has 6 heteroatoms. The number of nitrogens with zero attached hydrogens (tertiary/aromatic N) is 1. The lowest BCUT2D eigenvalue weighted by molar-refractivity contribution is -0.145. The van der Waals surface area contributed by atoms with Gasteiger partial charge in [0, 0.05) is 13.1 Å². The zero-order chi connectivity index (χ0) is 18.2. The first-order valence-electron chi connectivity index (χ1n) is 8.00. The number of carboxylic acid groups (broad SMARTS) is 2. The van der Waals surface area contributed by atoms with Gasteiger partial charge in [-0.15, -0.1) is 0 Å². The lowest BCUT2D eigenvalue weighted by Gasteiger charge is -2.30. The number of nitrogens with two attached hydrogens (primary N) is 1. The van der Waals surface area contributed by atoms with Crippen molar-refractivity contribution in [1.29, 1.82) is 0 Å². The van der Waals surface area contributed by atoms with Crippen molar-refractivity contribution >= 4 is 11.9 Å². The molecule has 0 aliphatic heterocycles. The molecule has 0 aliphatic rings. The molecule has 0 aromatic heterocycles. The van der Waals surface area contributed by atoms with E-state index in [1.807, 2.05) is 60.7 Å². The van der Waals surface area contributed by atoms with Crippen LogP contribution in [0.5, 0.6) is 0 Å². The molecule has 0 fully saturated rings. The zero-order valence-electron chi connectivity index (χ0n) is 13.8. The van der Waals surface area contributed by atoms with E-state index < -0.39 is 24.0 Å². The van der Waals surface area contributed by atoms with Gasteiger partial charge in [0.2, 0.25) is 0 Å². The second-order valence-electron chi connectivity index (χ2n) is 5.91. The Hall–Kier alpha value is -2.70. The Morgan fingerprint density at radius 3 is 1.64 bits per heavy atom. The maximum Gasteiger partial charge on any atom is 0.321 e. The molecule has 2 rings (SSSR count). The van der Waals surface area contributed by atoms with Crippen LogP contribution < -0.4 is 5.73 Å². The summed E-state index contributed by atoms with van der Waals surface area (Å²) in [6.07, 6.45) is -0.162. The Labute approximate surface area is 146 Å². The molecule has 6 nitrogen and oxygen atoms in total. The summed E-state index contributed by atoms with van der Waals surface area (Å²) in [7, 11) is 0. The molecule has 0 unspecified atom stereocenters. The molecule has 0 spiro atoms. The molecular formula is C19H22N2O4. The Bertz CT molecular complexity index is 650. The van der Waals surface area contributed by atoms with Gasteiger partial charge in [-0.3, -0.25) is 14.5 Å². The van der Waals surface area contributed by atoms with Crippen molar-refractivity contribution < 1.29 is 19.8 Å². The minimum Gasteiger partial charge on any atom is -0.480 e. The molecule has 132 valence electrons. The Balaban J connectivity index is 2.26. The predicted octanol–water partition coefficient (Wildman–Crippen LogP) is 1.94. The van der Waals surface area contributed by atoms with Crippen LogP contribution in [0.15, 0.2) is 60.7 Å². The largest absolute Gasteiger partial charge is 0.480 e. The van der Waals surface area contributed by atoms with Gasteiger partial charge in [0.1, 0.15) is 12.1 Å². The molecule has 25 heavy (non-hydrogen) atoms. The molecule has 0 radical (unpaired) electrons. The molecule has 0 aliphatic carbocycles. The van der Waals surface area contributed by atoms with E-state index in [1.165, 1.54) is 0 Å². The number of rotatable bonds is 9. The highest BCUT2D eigenvalue weighted by Gasteiger charge is 2.30. The Morgan fingerprint density at radius 1 is 0.840 bits per heavy atom. The van der Waals surface area contributed by atoms with E-state index in [4.69, 9.17) is 10.8 Å². The standard InChI is InChI=1S/C19H22N2O4/c20-16(18(22)23)11-17(19(24)25)21(12-14-7-3-1-4-8-14)13-15-9-5-2-6-10-15/h1-10,16-17H,11-13,20H2,(H,22,23)(H,24,25)/t16-,17+/m1/s1. The molecule has 4 N–H and O–H groups in total. The van der Waals surface area contributed by atoms with Gasteiger partial charge in [-0.25, -0.2) is 0 Å². The van der Waals surface area contributed by atoms with Crippen molar-refractivity contribution in [3.05, 3.63) is 71.8 Å². The first-order valence-corrected chi connectivity index (χ1v) is 8.00. The summed E-state index contributed by atoms with van der Waals surface area (Å²) in [5.74, 6) is -2.28. The Kier molecular flexibility index (Phi) is 6.68. The van der Waals surface area contributed by atoms with Crippen LogP contribution in [-0.4, -0.2) is 39.1 Å². The van der Waals surface area contributed by atoms with Crippen LogP contribution in [0.3, 0.4) is 0 Å². The van der Waals surface area contributed by atoms with Crippen LogP contribution in [0.25, 0.3) is 0 Å². The summed E-state index contributed by atoms with van der Waals surface area (Å²) in [6.45, 7) is 0.776. The fourth-order valence-corrected chi connectivity index (χ4v) is 2.66. The third-order valence-corrected chi connectivity index (χ3v) is 3.98. The molecule has 2 aromatic carbocycles. The second-order valence-corrected chi connectivity index (χ2v) is 5.91. The summed E-state index contributed by atoms with van der Waals surface area (Å²) in [5.41, 5.74) is 7.49. The SMILES string of the molecule is N[C@H](C[C@@H](C(=O)O)N(Cc1ccccc1)Cc1ccccc1)C(=O)O. The summed E-state index contributed by atoms with van der Waals surface area (Å²) in [4.78, 5) is 24.6. The molecular weight excluding hydrogens is 320 g/mol. The average Bonchev–Trinajstić information content (AvgIpc) is 2.60. The van der Waals surface area contributed by atoms with Crippen molar-refractivity contribution in [3.63, 3.8) is 0 Å². The van der Waals surface area contributed by atoms with E-state index >= 15 is 0 Å². The molecule has 2 aromatic rings. The average molecular weight is 342 g/mol. The highest BCUT2D eigenvalue weighted by atomic mass is 16.4. The van der Waals surface area contributed by atoms with Gasteiger partial charge in [-0.1, -0.05) is 60.7 Å². The van der Waals surface area contributed by atoms with Gasteiger partial charge in [0.25, 0.3) is 0 Å². The highest BCUT2D eigenvalue weighted by Crippen LogP contribution is 2.17. The van der Waals surface area contributed by atoms with Gasteiger partial charge >= 0.3 is 11.9 Å². The van der Waals surface area contributed by atoms with E-state index in [2.05, 4.69) is 0 Å². The van der Waals surface area contributed by atoms with Gasteiger partial charge in [0.15, 0.2) is 0 Å². The van der Waals surface area contributed by atoms with Crippen LogP contribution in [0.4, 0.5) is 0 Å². The maximum absolute atomic E-state index is 11.8. The van der Waals surface area contributed by atoms with Crippen molar-refractivity contribution in [3.8, 4) is 0 Å². The predicted molar refractivity (Wildman–Crippen MR) is 93.8 cm³/mol. The zero-order valence-corrected chi connectivity index (χ0v) is 13.8. The fourth-order valence-electron chi connectivity index (χ4n) is 2.66. The van der Waals surface area contributed by atoms with E-state index in [0.717, 1.165) is 11.1 Å². The maximum atomic E-state index is 11.8. The first-order chi connectivity index (χ1) is 12.0. The number of hydrogen-bond acceptors (Lipinski definition) is 4. The number of carboxylic acids is 2. The van der Waals surface area contributed by atoms with E-state index in [9.17, 15) is 14.7 Å². The molecule has 0 heterocycles.